The number of aryl methyl sites for hydroxylation is 1. The number of aromatic nitrogens is 2. The van der Waals surface area contributed by atoms with Gasteiger partial charge in [0.2, 0.25) is 11.8 Å². The average molecular weight is 362 g/mol. The number of nitrogens with zero attached hydrogens (tertiary/aromatic N) is 4. The third-order valence-corrected chi connectivity index (χ3v) is 6.11. The third kappa shape index (κ3) is 3.34. The van der Waals surface area contributed by atoms with Crippen molar-refractivity contribution in [2.24, 2.45) is 11.3 Å². The molecule has 1 aliphatic carbocycles. The van der Waals surface area contributed by atoms with Gasteiger partial charge in [0.05, 0.1) is 6.54 Å². The lowest BCUT2D eigenvalue weighted by Gasteiger charge is -2.39. The van der Waals surface area contributed by atoms with Crippen LogP contribution in [0.4, 0.5) is 0 Å². The molecule has 8 nitrogen and oxygen atoms in total. The fourth-order valence-electron chi connectivity index (χ4n) is 4.39. The summed E-state index contributed by atoms with van der Waals surface area (Å²) in [5.74, 6) is 0.877. The summed E-state index contributed by atoms with van der Waals surface area (Å²) in [5.41, 5.74) is -0.0271. The van der Waals surface area contributed by atoms with Crippen molar-refractivity contribution in [3.63, 3.8) is 0 Å². The molecule has 142 valence electrons. The molecule has 2 aliphatic heterocycles. The smallest absolute Gasteiger partial charge is 0.320 e. The molecule has 1 saturated carbocycles. The summed E-state index contributed by atoms with van der Waals surface area (Å²) in [5, 5.41) is 13.6. The molecule has 26 heavy (non-hydrogen) atoms. The lowest BCUT2D eigenvalue weighted by atomic mass is 9.76. The molecule has 1 N–H and O–H groups in total. The van der Waals surface area contributed by atoms with Crippen LogP contribution in [0.25, 0.3) is 0 Å². The minimum absolute atomic E-state index is 0.0271. The first kappa shape index (κ1) is 17.5. The van der Waals surface area contributed by atoms with E-state index in [9.17, 15) is 14.7 Å². The first-order valence-electron chi connectivity index (χ1n) is 9.57. The van der Waals surface area contributed by atoms with Gasteiger partial charge in [0.15, 0.2) is 5.82 Å². The fraction of sp³-hybridized carbons (Fsp3) is 0.778. The van der Waals surface area contributed by atoms with Gasteiger partial charge in [-0.3, -0.25) is 14.5 Å². The van der Waals surface area contributed by atoms with E-state index in [0.29, 0.717) is 43.6 Å². The highest BCUT2D eigenvalue weighted by atomic mass is 16.5. The van der Waals surface area contributed by atoms with E-state index < -0.39 is 12.0 Å². The van der Waals surface area contributed by atoms with Crippen LogP contribution in [0, 0.1) is 11.3 Å². The second kappa shape index (κ2) is 6.64. The van der Waals surface area contributed by atoms with Gasteiger partial charge in [0.25, 0.3) is 0 Å². The number of likely N-dealkylation sites (tertiary alicyclic amines) is 2. The number of hydrogen-bond donors (Lipinski definition) is 1. The van der Waals surface area contributed by atoms with Gasteiger partial charge in [0.1, 0.15) is 6.04 Å². The van der Waals surface area contributed by atoms with Crippen LogP contribution in [-0.4, -0.2) is 62.6 Å². The number of rotatable bonds is 5. The molecule has 1 atom stereocenters. The van der Waals surface area contributed by atoms with Crippen LogP contribution < -0.4 is 0 Å². The number of carboxylic acid groups (broad SMARTS) is 1. The predicted molar refractivity (Wildman–Crippen MR) is 91.1 cm³/mol. The van der Waals surface area contributed by atoms with Crippen molar-refractivity contribution >= 4 is 11.9 Å². The number of carboxylic acids is 1. The summed E-state index contributed by atoms with van der Waals surface area (Å²) in [6, 6.07) is -0.524. The first-order valence-corrected chi connectivity index (χ1v) is 9.57. The third-order valence-electron chi connectivity index (χ3n) is 6.11. The van der Waals surface area contributed by atoms with E-state index in [0.717, 1.165) is 38.8 Å². The molecule has 3 heterocycles. The van der Waals surface area contributed by atoms with Gasteiger partial charge in [-0.1, -0.05) is 12.1 Å². The maximum atomic E-state index is 12.3. The molecular weight excluding hydrogens is 336 g/mol. The van der Waals surface area contributed by atoms with Crippen LogP contribution in [-0.2, 0) is 22.6 Å². The van der Waals surface area contributed by atoms with E-state index in [1.165, 1.54) is 0 Å². The second-order valence-electron chi connectivity index (χ2n) is 8.02. The van der Waals surface area contributed by atoms with Crippen LogP contribution in [0.2, 0.25) is 0 Å². The van der Waals surface area contributed by atoms with Crippen molar-refractivity contribution in [3.8, 4) is 0 Å². The number of piperidine rings is 1. The Morgan fingerprint density at radius 2 is 2.04 bits per heavy atom. The van der Waals surface area contributed by atoms with E-state index in [2.05, 4.69) is 10.1 Å². The maximum Gasteiger partial charge on any atom is 0.320 e. The van der Waals surface area contributed by atoms with Gasteiger partial charge in [-0.25, -0.2) is 0 Å². The normalized spacial score (nSPS) is 25.7. The highest BCUT2D eigenvalue weighted by Crippen LogP contribution is 2.44. The Bertz CT molecular complexity index is 691. The number of amides is 1. The number of carbonyl (C=O) groups excluding carboxylic acids is 1. The Balaban J connectivity index is 1.42. The lowest BCUT2D eigenvalue weighted by Crippen LogP contribution is -2.44. The van der Waals surface area contributed by atoms with Gasteiger partial charge in [-0.05, 0) is 37.5 Å². The average Bonchev–Trinajstić information content (AvgIpc) is 3.29. The molecule has 3 aliphatic rings. The summed E-state index contributed by atoms with van der Waals surface area (Å²) in [6.07, 6.45) is 5.10. The zero-order valence-corrected chi connectivity index (χ0v) is 15.2. The summed E-state index contributed by atoms with van der Waals surface area (Å²) < 4.78 is 5.15. The first-order chi connectivity index (χ1) is 12.5. The molecule has 0 unspecified atom stereocenters. The lowest BCUT2D eigenvalue weighted by molar-refractivity contribution is -0.142. The molecule has 4 rings (SSSR count). The molecule has 1 spiro atoms. The monoisotopic (exact) mass is 362 g/mol. The molecule has 1 aromatic rings. The van der Waals surface area contributed by atoms with Crippen LogP contribution in [0.15, 0.2) is 4.52 Å². The molecule has 1 amide bonds. The van der Waals surface area contributed by atoms with Crippen LogP contribution in [0.1, 0.15) is 50.7 Å². The maximum absolute atomic E-state index is 12.3. The van der Waals surface area contributed by atoms with Crippen molar-refractivity contribution in [1.29, 1.82) is 0 Å². The van der Waals surface area contributed by atoms with E-state index in [1.54, 1.807) is 0 Å². The predicted octanol–water partition coefficient (Wildman–Crippen LogP) is 1.31. The van der Waals surface area contributed by atoms with Gasteiger partial charge < -0.3 is 14.5 Å². The Morgan fingerprint density at radius 3 is 2.62 bits per heavy atom. The van der Waals surface area contributed by atoms with E-state index in [4.69, 9.17) is 4.52 Å². The van der Waals surface area contributed by atoms with Gasteiger partial charge in [0, 0.05) is 32.0 Å². The highest BCUT2D eigenvalue weighted by molar-refractivity contribution is 5.81. The topological polar surface area (TPSA) is 99.8 Å². The van der Waals surface area contributed by atoms with Crippen LogP contribution >= 0.6 is 0 Å². The van der Waals surface area contributed by atoms with Crippen molar-refractivity contribution in [2.75, 3.05) is 19.6 Å². The van der Waals surface area contributed by atoms with E-state index in [1.807, 2.05) is 16.7 Å². The molecule has 1 aromatic heterocycles. The largest absolute Gasteiger partial charge is 0.480 e. The summed E-state index contributed by atoms with van der Waals surface area (Å²) >= 11 is 0. The zero-order chi connectivity index (χ0) is 18.3. The minimum Gasteiger partial charge on any atom is -0.480 e. The van der Waals surface area contributed by atoms with Crippen molar-refractivity contribution in [3.05, 3.63) is 11.7 Å². The SMILES string of the molecule is CCc1nc(CN2CC3(CCN(C(=O)C4CC4)CC3)C[C@H]2C(=O)O)no1. The van der Waals surface area contributed by atoms with E-state index >= 15 is 0 Å². The molecule has 0 aromatic carbocycles. The molecule has 3 fully saturated rings. The summed E-state index contributed by atoms with van der Waals surface area (Å²) in [4.78, 5) is 32.3. The quantitative estimate of drug-likeness (QED) is 0.843. The van der Waals surface area contributed by atoms with Crippen LogP contribution in [0.3, 0.4) is 0 Å². The number of hydrogen-bond acceptors (Lipinski definition) is 6. The summed E-state index contributed by atoms with van der Waals surface area (Å²) in [7, 11) is 0. The molecular formula is C18H26N4O4. The van der Waals surface area contributed by atoms with Crippen LogP contribution in [0.5, 0.6) is 0 Å². The second-order valence-corrected chi connectivity index (χ2v) is 8.02. The van der Waals surface area contributed by atoms with Gasteiger partial charge in [-0.15, -0.1) is 0 Å². The summed E-state index contributed by atoms with van der Waals surface area (Å²) in [6.45, 7) is 4.55. The number of carbonyl (C=O) groups is 2. The standard InChI is InChI=1S/C18H26N4O4/c1-2-15-19-14(20-26-15)10-22-11-18(9-13(22)17(24)25)5-7-21(8-6-18)16(23)12-3-4-12/h12-13H,2-11H2,1H3,(H,24,25)/t13-/m0/s1. The fourth-order valence-corrected chi connectivity index (χ4v) is 4.39. The van der Waals surface area contributed by atoms with Crippen molar-refractivity contribution in [1.82, 2.24) is 19.9 Å². The molecule has 0 radical (unpaired) electrons. The molecule has 0 bridgehead atoms. The molecule has 8 heteroatoms. The zero-order valence-electron chi connectivity index (χ0n) is 15.2. The Hall–Kier alpha value is -1.96. The Morgan fingerprint density at radius 1 is 1.31 bits per heavy atom. The Kier molecular flexibility index (Phi) is 4.46. The van der Waals surface area contributed by atoms with Gasteiger partial charge >= 0.3 is 5.97 Å². The highest BCUT2D eigenvalue weighted by Gasteiger charge is 2.49. The minimum atomic E-state index is -0.794. The van der Waals surface area contributed by atoms with E-state index in [-0.39, 0.29) is 11.3 Å². The van der Waals surface area contributed by atoms with Crippen molar-refractivity contribution in [2.45, 2.75) is 58.0 Å². The Labute approximate surface area is 152 Å². The van der Waals surface area contributed by atoms with Gasteiger partial charge in [-0.2, -0.15) is 4.98 Å². The van der Waals surface area contributed by atoms with Crippen molar-refractivity contribution < 1.29 is 19.2 Å². The molecule has 2 saturated heterocycles. The number of aliphatic carboxylic acids is 1.